The summed E-state index contributed by atoms with van der Waals surface area (Å²) >= 11 is 0. The zero-order valence-electron chi connectivity index (χ0n) is 8.63. The average molecular weight is 190 g/mol. The van der Waals surface area contributed by atoms with E-state index in [0.29, 0.717) is 0 Å². The summed E-state index contributed by atoms with van der Waals surface area (Å²) in [5, 5.41) is 14.0. The lowest BCUT2D eigenvalue weighted by Gasteiger charge is -2.21. The summed E-state index contributed by atoms with van der Waals surface area (Å²) in [6.07, 6.45) is 0. The second-order valence-corrected chi connectivity index (χ2v) is 4.40. The van der Waals surface area contributed by atoms with Gasteiger partial charge < -0.3 is 5.32 Å². The average Bonchev–Trinajstić information content (AvgIpc) is 2.47. The molecule has 2 rings (SSSR count). The summed E-state index contributed by atoms with van der Waals surface area (Å²) in [5.74, 6) is 0. The lowest BCUT2D eigenvalue weighted by atomic mass is 10.1. The summed E-state index contributed by atoms with van der Waals surface area (Å²) in [7, 11) is 0. The second kappa shape index (κ2) is 2.97. The first-order chi connectivity index (χ1) is 6.54. The highest BCUT2D eigenvalue weighted by atomic mass is 15.3. The molecule has 0 spiro atoms. The van der Waals surface area contributed by atoms with Crippen LogP contribution in [0.1, 0.15) is 20.8 Å². The standard InChI is InChI=1S/C10H14N4/c1-10(2,3)11-7-4-5-8-9(6-7)13-14-12-8/h4-6,11H,1-3H3,(H,12,13,14). The van der Waals surface area contributed by atoms with Crippen LogP contribution in [0, 0.1) is 0 Å². The summed E-state index contributed by atoms with van der Waals surface area (Å²) in [6.45, 7) is 6.37. The number of hydrogen-bond donors (Lipinski definition) is 2. The zero-order valence-corrected chi connectivity index (χ0v) is 8.63. The van der Waals surface area contributed by atoms with E-state index >= 15 is 0 Å². The van der Waals surface area contributed by atoms with Gasteiger partial charge in [-0.25, -0.2) is 0 Å². The van der Waals surface area contributed by atoms with Gasteiger partial charge in [0.05, 0.1) is 0 Å². The van der Waals surface area contributed by atoms with Gasteiger partial charge in [0.25, 0.3) is 0 Å². The maximum Gasteiger partial charge on any atom is 0.115 e. The second-order valence-electron chi connectivity index (χ2n) is 4.40. The van der Waals surface area contributed by atoms with Crippen LogP contribution in [0.3, 0.4) is 0 Å². The molecule has 0 unspecified atom stereocenters. The fourth-order valence-electron chi connectivity index (χ4n) is 1.35. The van der Waals surface area contributed by atoms with Crippen LogP contribution in [0.25, 0.3) is 11.0 Å². The van der Waals surface area contributed by atoms with Crippen molar-refractivity contribution in [2.75, 3.05) is 5.32 Å². The Balaban J connectivity index is 2.35. The summed E-state index contributed by atoms with van der Waals surface area (Å²) in [5.41, 5.74) is 2.92. The Kier molecular flexibility index (Phi) is 1.91. The molecule has 0 aliphatic carbocycles. The smallest absolute Gasteiger partial charge is 0.115 e. The first-order valence-electron chi connectivity index (χ1n) is 4.63. The van der Waals surface area contributed by atoms with Crippen molar-refractivity contribution in [2.45, 2.75) is 26.3 Å². The lowest BCUT2D eigenvalue weighted by molar-refractivity contribution is 0.634. The molecule has 1 aromatic heterocycles. The van der Waals surface area contributed by atoms with E-state index in [4.69, 9.17) is 0 Å². The number of nitrogens with one attached hydrogen (secondary N) is 2. The Morgan fingerprint density at radius 2 is 1.86 bits per heavy atom. The van der Waals surface area contributed by atoms with Crippen LogP contribution in [0.15, 0.2) is 18.2 Å². The number of aromatic nitrogens is 3. The molecule has 14 heavy (non-hydrogen) atoms. The number of benzene rings is 1. The van der Waals surface area contributed by atoms with Gasteiger partial charge in [-0.2, -0.15) is 15.4 Å². The molecule has 0 aliphatic rings. The number of fused-ring (bicyclic) bond motifs is 1. The van der Waals surface area contributed by atoms with Gasteiger partial charge in [0.1, 0.15) is 11.0 Å². The number of hydrogen-bond acceptors (Lipinski definition) is 3. The van der Waals surface area contributed by atoms with Crippen molar-refractivity contribution >= 4 is 16.7 Å². The van der Waals surface area contributed by atoms with Crippen molar-refractivity contribution < 1.29 is 0 Å². The van der Waals surface area contributed by atoms with Crippen LogP contribution in [0.5, 0.6) is 0 Å². The van der Waals surface area contributed by atoms with Crippen LogP contribution in [0.4, 0.5) is 5.69 Å². The van der Waals surface area contributed by atoms with Gasteiger partial charge in [-0.15, -0.1) is 0 Å². The monoisotopic (exact) mass is 190 g/mol. The number of nitrogens with zero attached hydrogens (tertiary/aromatic N) is 2. The molecule has 0 aliphatic heterocycles. The summed E-state index contributed by atoms with van der Waals surface area (Å²) in [4.78, 5) is 0. The third-order valence-corrected chi connectivity index (χ3v) is 1.84. The molecule has 2 N–H and O–H groups in total. The molecule has 0 amide bonds. The summed E-state index contributed by atoms with van der Waals surface area (Å²) < 4.78 is 0. The van der Waals surface area contributed by atoms with E-state index in [1.165, 1.54) is 0 Å². The van der Waals surface area contributed by atoms with Gasteiger partial charge in [-0.1, -0.05) is 0 Å². The molecular weight excluding hydrogens is 176 g/mol. The van der Waals surface area contributed by atoms with Gasteiger partial charge in [-0.05, 0) is 39.0 Å². The molecule has 0 bridgehead atoms. The highest BCUT2D eigenvalue weighted by molar-refractivity contribution is 5.78. The Labute approximate surface area is 82.7 Å². The fraction of sp³-hybridized carbons (Fsp3) is 0.400. The first kappa shape index (κ1) is 8.99. The van der Waals surface area contributed by atoms with Gasteiger partial charge in [0.15, 0.2) is 0 Å². The quantitative estimate of drug-likeness (QED) is 0.724. The van der Waals surface area contributed by atoms with Gasteiger partial charge in [0.2, 0.25) is 0 Å². The Morgan fingerprint density at radius 1 is 1.14 bits per heavy atom. The number of anilines is 1. The Bertz CT molecular complexity index is 439. The zero-order chi connectivity index (χ0) is 10.2. The normalized spacial score (nSPS) is 11.9. The summed E-state index contributed by atoms with van der Waals surface area (Å²) in [6, 6.07) is 5.95. The molecule has 74 valence electrons. The van der Waals surface area contributed by atoms with Crippen molar-refractivity contribution in [2.24, 2.45) is 0 Å². The Morgan fingerprint density at radius 3 is 2.57 bits per heavy atom. The van der Waals surface area contributed by atoms with E-state index in [0.717, 1.165) is 16.7 Å². The van der Waals surface area contributed by atoms with E-state index < -0.39 is 0 Å². The van der Waals surface area contributed by atoms with Crippen LogP contribution in [-0.2, 0) is 0 Å². The van der Waals surface area contributed by atoms with E-state index in [-0.39, 0.29) is 5.54 Å². The van der Waals surface area contributed by atoms with Gasteiger partial charge >= 0.3 is 0 Å². The van der Waals surface area contributed by atoms with E-state index in [1.807, 2.05) is 18.2 Å². The third kappa shape index (κ3) is 1.84. The van der Waals surface area contributed by atoms with E-state index in [1.54, 1.807) is 0 Å². The van der Waals surface area contributed by atoms with Crippen molar-refractivity contribution in [3.63, 3.8) is 0 Å². The molecule has 4 heteroatoms. The highest BCUT2D eigenvalue weighted by Crippen LogP contribution is 2.18. The van der Waals surface area contributed by atoms with Crippen molar-refractivity contribution in [1.82, 2.24) is 15.4 Å². The predicted octanol–water partition coefficient (Wildman–Crippen LogP) is 2.17. The van der Waals surface area contributed by atoms with E-state index in [2.05, 4.69) is 41.5 Å². The van der Waals surface area contributed by atoms with Crippen LogP contribution >= 0.6 is 0 Å². The van der Waals surface area contributed by atoms with Crippen LogP contribution < -0.4 is 5.32 Å². The largest absolute Gasteiger partial charge is 0.380 e. The van der Waals surface area contributed by atoms with Gasteiger partial charge in [0, 0.05) is 11.2 Å². The van der Waals surface area contributed by atoms with Crippen molar-refractivity contribution in [3.05, 3.63) is 18.2 Å². The van der Waals surface area contributed by atoms with Crippen LogP contribution in [-0.4, -0.2) is 20.9 Å². The minimum atomic E-state index is 0.0669. The molecule has 1 heterocycles. The third-order valence-electron chi connectivity index (χ3n) is 1.84. The number of aromatic amines is 1. The SMILES string of the molecule is CC(C)(C)Nc1ccc2n[nH]nc2c1. The number of rotatable bonds is 1. The highest BCUT2D eigenvalue weighted by Gasteiger charge is 2.09. The molecule has 1 aromatic carbocycles. The van der Waals surface area contributed by atoms with E-state index in [9.17, 15) is 0 Å². The van der Waals surface area contributed by atoms with Gasteiger partial charge in [-0.3, -0.25) is 0 Å². The maximum atomic E-state index is 4.03. The first-order valence-corrected chi connectivity index (χ1v) is 4.63. The van der Waals surface area contributed by atoms with Crippen molar-refractivity contribution in [3.8, 4) is 0 Å². The maximum absolute atomic E-state index is 4.03. The minimum Gasteiger partial charge on any atom is -0.380 e. The molecule has 0 fully saturated rings. The molecule has 0 atom stereocenters. The van der Waals surface area contributed by atoms with Crippen molar-refractivity contribution in [1.29, 1.82) is 0 Å². The fourth-order valence-corrected chi connectivity index (χ4v) is 1.35. The lowest BCUT2D eigenvalue weighted by Crippen LogP contribution is -2.25. The molecule has 2 aromatic rings. The molecule has 0 saturated heterocycles. The molecule has 0 radical (unpaired) electrons. The predicted molar refractivity (Wildman–Crippen MR) is 57.3 cm³/mol. The molecule has 0 saturated carbocycles. The number of H-pyrrole nitrogens is 1. The topological polar surface area (TPSA) is 53.6 Å². The molecule has 4 nitrogen and oxygen atoms in total. The van der Waals surface area contributed by atoms with Crippen LogP contribution in [0.2, 0.25) is 0 Å². The molecular formula is C10H14N4. The minimum absolute atomic E-state index is 0.0669. The Hall–Kier alpha value is -1.58.